The maximum Gasteiger partial charge on any atom is 0.223 e. The maximum atomic E-state index is 6.16. The molecule has 0 bridgehead atoms. The summed E-state index contributed by atoms with van der Waals surface area (Å²) in [6, 6.07) is 6.21. The van der Waals surface area contributed by atoms with Crippen LogP contribution in [-0.4, -0.2) is 36.5 Å². The third-order valence-electron chi connectivity index (χ3n) is 6.10. The van der Waals surface area contributed by atoms with Crippen LogP contribution in [0.3, 0.4) is 0 Å². The summed E-state index contributed by atoms with van der Waals surface area (Å²) >= 11 is 0. The fourth-order valence-corrected chi connectivity index (χ4v) is 4.59. The van der Waals surface area contributed by atoms with E-state index in [9.17, 15) is 0 Å². The van der Waals surface area contributed by atoms with Gasteiger partial charge in [0.25, 0.3) is 0 Å². The van der Waals surface area contributed by atoms with Gasteiger partial charge < -0.3 is 10.5 Å². The molecule has 156 valence electrons. The molecule has 4 aromatic rings. The van der Waals surface area contributed by atoms with Gasteiger partial charge in [-0.2, -0.15) is 9.61 Å². The Hall–Kier alpha value is -3.16. The average Bonchev–Trinajstić information content (AvgIpc) is 3.36. The summed E-state index contributed by atoms with van der Waals surface area (Å²) in [5, 5.41) is 10.1. The number of nitrogen functional groups attached to an aromatic ring is 1. The SMILES string of the molecule is COc1cccc2c1nc(N)n1nc(CC[C@H]3CCc4c(cnn4C(C)C)C3)nc21. The van der Waals surface area contributed by atoms with Crippen LogP contribution in [0.1, 0.15) is 49.8 Å². The smallest absolute Gasteiger partial charge is 0.223 e. The Morgan fingerprint density at radius 1 is 1.27 bits per heavy atom. The van der Waals surface area contributed by atoms with Crippen molar-refractivity contribution >= 4 is 22.5 Å². The number of fused-ring (bicyclic) bond motifs is 4. The van der Waals surface area contributed by atoms with E-state index >= 15 is 0 Å². The fourth-order valence-electron chi connectivity index (χ4n) is 4.59. The van der Waals surface area contributed by atoms with E-state index in [1.165, 1.54) is 17.7 Å². The predicted molar refractivity (Wildman–Crippen MR) is 116 cm³/mol. The van der Waals surface area contributed by atoms with Gasteiger partial charge in [0.05, 0.1) is 13.3 Å². The largest absolute Gasteiger partial charge is 0.494 e. The second-order valence-electron chi connectivity index (χ2n) is 8.39. The number of methoxy groups -OCH3 is 1. The van der Waals surface area contributed by atoms with Gasteiger partial charge in [0.15, 0.2) is 11.5 Å². The Labute approximate surface area is 175 Å². The molecule has 0 saturated heterocycles. The van der Waals surface area contributed by atoms with E-state index in [1.807, 2.05) is 18.2 Å². The molecule has 0 fully saturated rings. The lowest BCUT2D eigenvalue weighted by atomic mass is 9.84. The molecule has 3 heterocycles. The summed E-state index contributed by atoms with van der Waals surface area (Å²) in [5.41, 5.74) is 10.4. The third kappa shape index (κ3) is 3.07. The molecular weight excluding hydrogens is 378 g/mol. The van der Waals surface area contributed by atoms with Gasteiger partial charge in [-0.25, -0.2) is 9.97 Å². The van der Waals surface area contributed by atoms with Crippen molar-refractivity contribution in [1.29, 1.82) is 0 Å². The minimum absolute atomic E-state index is 0.323. The average molecular weight is 406 g/mol. The summed E-state index contributed by atoms with van der Waals surface area (Å²) in [6.07, 6.45) is 7.29. The molecule has 1 atom stereocenters. The number of benzene rings is 1. The van der Waals surface area contributed by atoms with Crippen LogP contribution in [0.2, 0.25) is 0 Å². The van der Waals surface area contributed by atoms with Crippen LogP contribution in [0.15, 0.2) is 24.4 Å². The number of nitrogens with zero attached hydrogens (tertiary/aromatic N) is 6. The van der Waals surface area contributed by atoms with Gasteiger partial charge in [-0.05, 0) is 63.1 Å². The Morgan fingerprint density at radius 2 is 2.13 bits per heavy atom. The quantitative estimate of drug-likeness (QED) is 0.547. The molecule has 30 heavy (non-hydrogen) atoms. The van der Waals surface area contributed by atoms with Crippen molar-refractivity contribution in [1.82, 2.24) is 29.4 Å². The first-order valence-electron chi connectivity index (χ1n) is 10.6. The molecule has 0 radical (unpaired) electrons. The monoisotopic (exact) mass is 405 g/mol. The van der Waals surface area contributed by atoms with Crippen LogP contribution in [-0.2, 0) is 19.3 Å². The lowest BCUT2D eigenvalue weighted by Crippen LogP contribution is -2.18. The summed E-state index contributed by atoms with van der Waals surface area (Å²) in [6.45, 7) is 4.38. The van der Waals surface area contributed by atoms with Crippen molar-refractivity contribution in [3.63, 3.8) is 0 Å². The standard InChI is InChI=1S/C22H27N7O/c1-13(2)28-17-9-7-14(11-15(17)12-24-28)8-10-19-25-21-16-5-4-6-18(30-3)20(16)26-22(23)29(21)27-19/h4-6,12-14H,7-11H2,1-3H3,(H2,23,26)/t14-/m1/s1. The number of anilines is 1. The third-order valence-corrected chi connectivity index (χ3v) is 6.10. The Morgan fingerprint density at radius 3 is 2.93 bits per heavy atom. The molecule has 0 unspecified atom stereocenters. The lowest BCUT2D eigenvalue weighted by Gasteiger charge is -2.23. The van der Waals surface area contributed by atoms with Gasteiger partial charge in [0, 0.05) is 23.5 Å². The Bertz CT molecular complexity index is 1220. The zero-order valence-corrected chi connectivity index (χ0v) is 17.7. The molecule has 0 amide bonds. The van der Waals surface area contributed by atoms with Crippen molar-refractivity contribution in [2.24, 2.45) is 5.92 Å². The zero-order valence-electron chi connectivity index (χ0n) is 17.7. The minimum atomic E-state index is 0.323. The van der Waals surface area contributed by atoms with E-state index in [1.54, 1.807) is 11.6 Å². The highest BCUT2D eigenvalue weighted by Crippen LogP contribution is 2.30. The van der Waals surface area contributed by atoms with Crippen LogP contribution in [0.4, 0.5) is 5.95 Å². The number of hydrogen-bond acceptors (Lipinski definition) is 6. The van der Waals surface area contributed by atoms with Gasteiger partial charge in [0.2, 0.25) is 5.95 Å². The number of rotatable bonds is 5. The van der Waals surface area contributed by atoms with Gasteiger partial charge in [-0.15, -0.1) is 5.10 Å². The summed E-state index contributed by atoms with van der Waals surface area (Å²) < 4.78 is 9.24. The molecular formula is C22H27N7O. The Balaban J connectivity index is 1.37. The lowest BCUT2D eigenvalue weighted by molar-refractivity contribution is 0.404. The van der Waals surface area contributed by atoms with Crippen LogP contribution in [0, 0.1) is 5.92 Å². The highest BCUT2D eigenvalue weighted by atomic mass is 16.5. The van der Waals surface area contributed by atoms with Gasteiger partial charge >= 0.3 is 0 Å². The topological polar surface area (TPSA) is 96.1 Å². The van der Waals surface area contributed by atoms with Crippen molar-refractivity contribution in [3.8, 4) is 5.75 Å². The number of para-hydroxylation sites is 1. The molecule has 0 saturated carbocycles. The minimum Gasteiger partial charge on any atom is -0.494 e. The first kappa shape index (κ1) is 18.8. The summed E-state index contributed by atoms with van der Waals surface area (Å²) in [7, 11) is 1.63. The van der Waals surface area contributed by atoms with Gasteiger partial charge in [-0.3, -0.25) is 4.68 Å². The van der Waals surface area contributed by atoms with Crippen molar-refractivity contribution in [2.45, 2.75) is 52.0 Å². The molecule has 2 N–H and O–H groups in total. The molecule has 8 heteroatoms. The number of aromatic nitrogens is 6. The molecule has 0 spiro atoms. The highest BCUT2D eigenvalue weighted by molar-refractivity contribution is 5.95. The first-order valence-corrected chi connectivity index (χ1v) is 10.6. The molecule has 0 aliphatic heterocycles. The van der Waals surface area contributed by atoms with E-state index in [4.69, 9.17) is 15.5 Å². The summed E-state index contributed by atoms with van der Waals surface area (Å²) in [5.74, 6) is 2.44. The second kappa shape index (κ2) is 7.27. The van der Waals surface area contributed by atoms with Crippen LogP contribution < -0.4 is 10.5 Å². The molecule has 5 rings (SSSR count). The highest BCUT2D eigenvalue weighted by Gasteiger charge is 2.24. The van der Waals surface area contributed by atoms with E-state index in [2.05, 4.69) is 39.9 Å². The van der Waals surface area contributed by atoms with Crippen LogP contribution >= 0.6 is 0 Å². The molecule has 1 aliphatic carbocycles. The van der Waals surface area contributed by atoms with Crippen molar-refractivity contribution in [3.05, 3.63) is 41.5 Å². The van der Waals surface area contributed by atoms with E-state index in [-0.39, 0.29) is 0 Å². The summed E-state index contributed by atoms with van der Waals surface area (Å²) in [4.78, 5) is 9.28. The molecule has 1 aromatic carbocycles. The zero-order chi connectivity index (χ0) is 20.8. The number of aryl methyl sites for hydroxylation is 1. The van der Waals surface area contributed by atoms with Crippen molar-refractivity contribution in [2.75, 3.05) is 12.8 Å². The number of hydrogen-bond donors (Lipinski definition) is 1. The van der Waals surface area contributed by atoms with E-state index in [0.29, 0.717) is 29.2 Å². The fraction of sp³-hybridized carbons (Fsp3) is 0.455. The normalized spacial score (nSPS) is 16.5. The molecule has 1 aliphatic rings. The van der Waals surface area contributed by atoms with Gasteiger partial charge in [0.1, 0.15) is 11.3 Å². The maximum absolute atomic E-state index is 6.16. The van der Waals surface area contributed by atoms with Gasteiger partial charge in [-0.1, -0.05) is 6.07 Å². The molecule has 8 nitrogen and oxygen atoms in total. The second-order valence-corrected chi connectivity index (χ2v) is 8.39. The number of nitrogens with two attached hydrogens (primary N) is 1. The predicted octanol–water partition coefficient (Wildman–Crippen LogP) is 3.38. The van der Waals surface area contributed by atoms with Crippen molar-refractivity contribution < 1.29 is 4.74 Å². The first-order chi connectivity index (χ1) is 14.5. The van der Waals surface area contributed by atoms with E-state index in [0.717, 1.165) is 42.5 Å². The Kier molecular flexibility index (Phi) is 4.56. The number of ether oxygens (including phenoxy) is 1. The molecule has 3 aromatic heterocycles. The van der Waals surface area contributed by atoms with Crippen LogP contribution in [0.5, 0.6) is 5.75 Å². The van der Waals surface area contributed by atoms with Crippen LogP contribution in [0.25, 0.3) is 16.6 Å². The van der Waals surface area contributed by atoms with E-state index < -0.39 is 0 Å².